The van der Waals surface area contributed by atoms with Crippen molar-refractivity contribution >= 4 is 17.7 Å². The van der Waals surface area contributed by atoms with Gasteiger partial charge in [-0.1, -0.05) is 45.6 Å². The highest BCUT2D eigenvalue weighted by molar-refractivity contribution is 5.63. The predicted octanol–water partition coefficient (Wildman–Crippen LogP) is 2.79. The predicted molar refractivity (Wildman–Crippen MR) is 144 cm³/mol. The van der Waals surface area contributed by atoms with Crippen LogP contribution >= 0.6 is 0 Å². The Morgan fingerprint density at radius 2 is 2.03 bits per heavy atom. The van der Waals surface area contributed by atoms with Crippen molar-refractivity contribution in [2.75, 3.05) is 58.7 Å². The highest BCUT2D eigenvalue weighted by Gasteiger charge is 2.35. The second-order valence-corrected chi connectivity index (χ2v) is 8.39. The van der Waals surface area contributed by atoms with Crippen molar-refractivity contribution < 1.29 is 4.74 Å². The number of morpholine rings is 1. The number of anilines is 1. The van der Waals surface area contributed by atoms with E-state index >= 15 is 0 Å². The summed E-state index contributed by atoms with van der Waals surface area (Å²) < 4.78 is 6.45. The van der Waals surface area contributed by atoms with E-state index in [0.29, 0.717) is 6.61 Å². The molecule has 2 saturated heterocycles. The van der Waals surface area contributed by atoms with Crippen LogP contribution in [0.1, 0.15) is 41.0 Å². The monoisotopic (exact) mass is 468 g/mol. The number of allylic oxidation sites excluding steroid dienone is 2. The van der Waals surface area contributed by atoms with Crippen LogP contribution in [0, 0.1) is 0 Å². The smallest absolute Gasteiger partial charge is 0.155 e. The Morgan fingerprint density at radius 1 is 1.26 bits per heavy atom. The molecular weight excluding hydrogens is 424 g/mol. The maximum atomic E-state index is 6.45. The summed E-state index contributed by atoms with van der Waals surface area (Å²) in [4.78, 5) is 16.0. The summed E-state index contributed by atoms with van der Waals surface area (Å²) in [7, 11) is 4.14. The van der Waals surface area contributed by atoms with Gasteiger partial charge >= 0.3 is 0 Å². The Morgan fingerprint density at radius 3 is 2.68 bits per heavy atom. The van der Waals surface area contributed by atoms with Crippen LogP contribution in [0.4, 0.5) is 5.82 Å². The van der Waals surface area contributed by atoms with E-state index < -0.39 is 0 Å². The number of aromatic nitrogens is 2. The summed E-state index contributed by atoms with van der Waals surface area (Å²) in [5, 5.41) is 5.23. The van der Waals surface area contributed by atoms with Crippen LogP contribution in [0.2, 0.25) is 0 Å². The van der Waals surface area contributed by atoms with Crippen LogP contribution in [0.15, 0.2) is 42.5 Å². The summed E-state index contributed by atoms with van der Waals surface area (Å²) in [6, 6.07) is 0.283. The van der Waals surface area contributed by atoms with Gasteiger partial charge in [0.25, 0.3) is 0 Å². The van der Waals surface area contributed by atoms with Crippen LogP contribution in [0.25, 0.3) is 11.8 Å². The van der Waals surface area contributed by atoms with E-state index in [4.69, 9.17) is 4.74 Å². The van der Waals surface area contributed by atoms with E-state index in [0.717, 1.165) is 72.7 Å². The molecule has 7 heteroatoms. The average Bonchev–Trinajstić information content (AvgIpc) is 2.85. The third-order valence-electron chi connectivity index (χ3n) is 5.75. The summed E-state index contributed by atoms with van der Waals surface area (Å²) in [6.07, 6.45) is 11.1. The molecule has 1 N–H and O–H groups in total. The minimum atomic E-state index is 0.283. The van der Waals surface area contributed by atoms with E-state index in [1.807, 2.05) is 26.8 Å². The fourth-order valence-corrected chi connectivity index (χ4v) is 4.21. The zero-order valence-corrected chi connectivity index (χ0v) is 22.3. The quantitative estimate of drug-likeness (QED) is 0.618. The molecule has 0 amide bonds. The van der Waals surface area contributed by atoms with Gasteiger partial charge in [-0.3, -0.25) is 0 Å². The van der Waals surface area contributed by atoms with Gasteiger partial charge in [0, 0.05) is 38.4 Å². The largest absolute Gasteiger partial charge is 0.488 e. The molecule has 188 valence electrons. The number of piperazine rings is 1. The summed E-state index contributed by atoms with van der Waals surface area (Å²) >= 11 is 0. The topological polar surface area (TPSA) is 56.8 Å². The van der Waals surface area contributed by atoms with Gasteiger partial charge in [0.15, 0.2) is 5.76 Å². The van der Waals surface area contributed by atoms with Gasteiger partial charge in [0.2, 0.25) is 0 Å². The molecule has 0 bridgehead atoms. The van der Waals surface area contributed by atoms with E-state index in [1.54, 1.807) is 6.33 Å². The highest BCUT2D eigenvalue weighted by atomic mass is 16.5. The van der Waals surface area contributed by atoms with Gasteiger partial charge in [-0.2, -0.15) is 0 Å². The first-order valence-electron chi connectivity index (χ1n) is 12.6. The standard InChI is InChI=1S/C25H38N6O.C2H6/c1-7-11-22-24(23-21(8-2)27-18-28-25(23)26-9-3)32-17-20-16-30(14-15-31(20)22)19(4)12-10-13-29(5)6;1-2/h8,10-12,18,20H,4,7,9,13-17H2,1-3,5-6H3,(H,26,27,28);1-2H3/b12-10+,21-8+,22-11-,24-23-;. The van der Waals surface area contributed by atoms with Gasteiger partial charge < -0.3 is 24.8 Å². The van der Waals surface area contributed by atoms with Gasteiger partial charge in [-0.15, -0.1) is 0 Å². The molecule has 0 saturated carbocycles. The number of nitrogens with zero attached hydrogens (tertiary/aromatic N) is 5. The molecule has 3 rings (SSSR count). The first-order chi connectivity index (χ1) is 16.5. The van der Waals surface area contributed by atoms with Crippen molar-refractivity contribution in [2.24, 2.45) is 0 Å². The van der Waals surface area contributed by atoms with Gasteiger partial charge in [-0.05, 0) is 40.4 Å². The molecule has 1 aromatic rings. The summed E-state index contributed by atoms with van der Waals surface area (Å²) in [6.45, 7) is 19.6. The fraction of sp³-hybridized carbons (Fsp3) is 0.556. The molecule has 3 heterocycles. The lowest BCUT2D eigenvalue weighted by Crippen LogP contribution is -2.56. The molecule has 0 radical (unpaired) electrons. The minimum absolute atomic E-state index is 0.283. The zero-order chi connectivity index (χ0) is 25.1. The lowest BCUT2D eigenvalue weighted by Gasteiger charge is -2.47. The van der Waals surface area contributed by atoms with Crippen molar-refractivity contribution in [1.29, 1.82) is 0 Å². The molecule has 2 fully saturated rings. The van der Waals surface area contributed by atoms with Crippen LogP contribution in [0.5, 0.6) is 0 Å². The number of ether oxygens (including phenoxy) is 1. The average molecular weight is 469 g/mol. The number of likely N-dealkylation sites (N-methyl/N-ethyl adjacent to an activating group) is 1. The Hall–Kier alpha value is -2.80. The molecule has 34 heavy (non-hydrogen) atoms. The fourth-order valence-electron chi connectivity index (χ4n) is 4.21. The lowest BCUT2D eigenvalue weighted by atomic mass is 10.1. The van der Waals surface area contributed by atoms with Gasteiger partial charge in [0.05, 0.1) is 22.3 Å². The Kier molecular flexibility index (Phi) is 11.1. The maximum absolute atomic E-state index is 6.45. The van der Waals surface area contributed by atoms with E-state index in [9.17, 15) is 0 Å². The third-order valence-corrected chi connectivity index (χ3v) is 5.75. The molecule has 1 atom stereocenters. The van der Waals surface area contributed by atoms with Crippen molar-refractivity contribution in [2.45, 2.75) is 47.1 Å². The summed E-state index contributed by atoms with van der Waals surface area (Å²) in [5.74, 6) is 1.70. The Labute approximate surface area is 206 Å². The number of rotatable bonds is 7. The van der Waals surface area contributed by atoms with Gasteiger partial charge in [0.1, 0.15) is 18.8 Å². The molecular formula is C27H44N6O. The molecule has 0 aliphatic carbocycles. The molecule has 7 nitrogen and oxygen atoms in total. The van der Waals surface area contributed by atoms with Crippen molar-refractivity contribution in [3.05, 3.63) is 53.1 Å². The molecule has 2 aliphatic heterocycles. The Balaban J connectivity index is 0.00000199. The van der Waals surface area contributed by atoms with Crippen molar-refractivity contribution in [3.63, 3.8) is 0 Å². The zero-order valence-electron chi connectivity index (χ0n) is 22.3. The Bertz CT molecular complexity index is 981. The first kappa shape index (κ1) is 27.4. The van der Waals surface area contributed by atoms with Gasteiger partial charge in [-0.25, -0.2) is 9.97 Å². The molecule has 0 aromatic carbocycles. The third kappa shape index (κ3) is 6.63. The van der Waals surface area contributed by atoms with Crippen molar-refractivity contribution in [3.8, 4) is 0 Å². The maximum Gasteiger partial charge on any atom is 0.155 e. The molecule has 1 unspecified atom stereocenters. The molecule has 0 spiro atoms. The highest BCUT2D eigenvalue weighted by Crippen LogP contribution is 2.30. The first-order valence-corrected chi connectivity index (χ1v) is 12.6. The SMILES string of the molecule is C=C(/C=C/CN(C)C)N1CCN2C(=C\CC)/C(=c3/c(NCC)ncn/c3=C/C)OCC2C1.CC. The number of hydrogen-bond acceptors (Lipinski definition) is 7. The second-order valence-electron chi connectivity index (χ2n) is 8.39. The van der Waals surface area contributed by atoms with E-state index in [2.05, 4.69) is 82.7 Å². The normalized spacial score (nSPS) is 21.4. The van der Waals surface area contributed by atoms with Crippen LogP contribution in [0.3, 0.4) is 0 Å². The van der Waals surface area contributed by atoms with E-state index in [-0.39, 0.29) is 6.04 Å². The number of nitrogens with one attached hydrogen (secondary N) is 1. The molecule has 2 aliphatic rings. The minimum Gasteiger partial charge on any atom is -0.488 e. The summed E-state index contributed by atoms with van der Waals surface area (Å²) in [5.41, 5.74) is 2.21. The lowest BCUT2D eigenvalue weighted by molar-refractivity contribution is 0.0519. The number of hydrogen-bond donors (Lipinski definition) is 1. The van der Waals surface area contributed by atoms with E-state index in [1.165, 1.54) is 0 Å². The van der Waals surface area contributed by atoms with Crippen LogP contribution < -0.4 is 15.9 Å². The van der Waals surface area contributed by atoms with Crippen LogP contribution in [-0.2, 0) is 4.74 Å². The molecule has 1 aromatic heterocycles. The second kappa shape index (κ2) is 13.8. The number of fused-ring (bicyclic) bond motifs is 1. The van der Waals surface area contributed by atoms with Crippen LogP contribution in [-0.4, -0.2) is 84.1 Å². The van der Waals surface area contributed by atoms with Crippen molar-refractivity contribution in [1.82, 2.24) is 24.7 Å².